The Labute approximate surface area is 106 Å². The van der Waals surface area contributed by atoms with E-state index in [-0.39, 0.29) is 17.0 Å². The van der Waals surface area contributed by atoms with Crippen molar-refractivity contribution in [3.63, 3.8) is 0 Å². The SMILES string of the molecule is CC(=O)Oc1cccc(N)c1C(=O)OC(C)(C)C. The van der Waals surface area contributed by atoms with Gasteiger partial charge in [0.05, 0.1) is 0 Å². The van der Waals surface area contributed by atoms with E-state index in [1.807, 2.05) is 0 Å². The average molecular weight is 251 g/mol. The molecule has 1 rings (SSSR count). The highest BCUT2D eigenvalue weighted by Gasteiger charge is 2.23. The van der Waals surface area contributed by atoms with Crippen molar-refractivity contribution in [3.8, 4) is 5.75 Å². The lowest BCUT2D eigenvalue weighted by Gasteiger charge is -2.20. The third-order valence-electron chi connectivity index (χ3n) is 1.92. The van der Waals surface area contributed by atoms with Crippen LogP contribution >= 0.6 is 0 Å². The number of nitrogens with two attached hydrogens (primary N) is 1. The van der Waals surface area contributed by atoms with E-state index in [4.69, 9.17) is 15.2 Å². The Morgan fingerprint density at radius 2 is 1.83 bits per heavy atom. The van der Waals surface area contributed by atoms with Crippen molar-refractivity contribution in [1.82, 2.24) is 0 Å². The van der Waals surface area contributed by atoms with Crippen molar-refractivity contribution in [1.29, 1.82) is 0 Å². The third-order valence-corrected chi connectivity index (χ3v) is 1.92. The molecule has 98 valence electrons. The molecule has 0 fully saturated rings. The second-order valence-electron chi connectivity index (χ2n) is 4.82. The molecule has 0 bridgehead atoms. The smallest absolute Gasteiger partial charge is 0.344 e. The number of anilines is 1. The molecule has 0 aliphatic carbocycles. The standard InChI is InChI=1S/C13H17NO4/c1-8(15)17-10-7-5-6-9(14)11(10)12(16)18-13(2,3)4/h5-7H,14H2,1-4H3. The molecule has 1 aromatic carbocycles. The number of carbonyl (C=O) groups excluding carboxylic acids is 2. The molecule has 0 aliphatic rings. The van der Waals surface area contributed by atoms with Gasteiger partial charge in [0.25, 0.3) is 0 Å². The second-order valence-corrected chi connectivity index (χ2v) is 4.82. The molecular weight excluding hydrogens is 234 g/mol. The Morgan fingerprint density at radius 3 is 2.33 bits per heavy atom. The summed E-state index contributed by atoms with van der Waals surface area (Å²) in [5.74, 6) is -1.03. The van der Waals surface area contributed by atoms with E-state index in [1.165, 1.54) is 13.0 Å². The minimum absolute atomic E-state index is 0.0719. The summed E-state index contributed by atoms with van der Waals surface area (Å²) >= 11 is 0. The fourth-order valence-electron chi connectivity index (χ4n) is 1.34. The predicted molar refractivity (Wildman–Crippen MR) is 67.3 cm³/mol. The molecular formula is C13H17NO4. The van der Waals surface area contributed by atoms with Crippen molar-refractivity contribution in [3.05, 3.63) is 23.8 Å². The molecule has 0 spiro atoms. The normalized spacial score (nSPS) is 10.9. The van der Waals surface area contributed by atoms with Crippen LogP contribution in [0.3, 0.4) is 0 Å². The third kappa shape index (κ3) is 3.76. The van der Waals surface area contributed by atoms with E-state index in [9.17, 15) is 9.59 Å². The van der Waals surface area contributed by atoms with E-state index in [0.717, 1.165) is 0 Å². The molecule has 0 saturated heterocycles. The topological polar surface area (TPSA) is 78.6 Å². The summed E-state index contributed by atoms with van der Waals surface area (Å²) < 4.78 is 10.2. The summed E-state index contributed by atoms with van der Waals surface area (Å²) in [4.78, 5) is 23.0. The van der Waals surface area contributed by atoms with Crippen LogP contribution in [0.5, 0.6) is 5.75 Å². The van der Waals surface area contributed by atoms with Gasteiger partial charge < -0.3 is 15.2 Å². The molecule has 1 aromatic rings. The molecule has 0 aromatic heterocycles. The van der Waals surface area contributed by atoms with E-state index in [2.05, 4.69) is 0 Å². The Hall–Kier alpha value is -2.04. The Kier molecular flexibility index (Phi) is 3.96. The molecule has 18 heavy (non-hydrogen) atoms. The first-order valence-corrected chi connectivity index (χ1v) is 5.51. The largest absolute Gasteiger partial charge is 0.456 e. The van der Waals surface area contributed by atoms with E-state index in [1.54, 1.807) is 32.9 Å². The first-order chi connectivity index (χ1) is 8.20. The van der Waals surface area contributed by atoms with Crippen LogP contribution in [0.2, 0.25) is 0 Å². The number of benzene rings is 1. The first kappa shape index (κ1) is 14.0. The van der Waals surface area contributed by atoms with Crippen LogP contribution in [0, 0.1) is 0 Å². The van der Waals surface area contributed by atoms with Crippen molar-refractivity contribution in [2.45, 2.75) is 33.3 Å². The van der Waals surface area contributed by atoms with Crippen molar-refractivity contribution < 1.29 is 19.1 Å². The minimum Gasteiger partial charge on any atom is -0.456 e. The van der Waals surface area contributed by atoms with Crippen LogP contribution in [0.15, 0.2) is 18.2 Å². The zero-order chi connectivity index (χ0) is 13.9. The summed E-state index contributed by atoms with van der Waals surface area (Å²) in [7, 11) is 0. The van der Waals surface area contributed by atoms with Gasteiger partial charge in [0, 0.05) is 12.6 Å². The van der Waals surface area contributed by atoms with Crippen LogP contribution in [-0.2, 0) is 9.53 Å². The molecule has 0 unspecified atom stereocenters. The fourth-order valence-corrected chi connectivity index (χ4v) is 1.34. The summed E-state index contributed by atoms with van der Waals surface area (Å²) in [6.07, 6.45) is 0. The minimum atomic E-state index is -0.646. The number of carbonyl (C=O) groups is 2. The molecule has 5 heteroatoms. The predicted octanol–water partition coefficient (Wildman–Crippen LogP) is 2.15. The van der Waals surface area contributed by atoms with Gasteiger partial charge >= 0.3 is 11.9 Å². The summed E-state index contributed by atoms with van der Waals surface area (Å²) in [6.45, 7) is 6.49. The van der Waals surface area contributed by atoms with E-state index in [0.29, 0.717) is 0 Å². The van der Waals surface area contributed by atoms with Crippen LogP contribution in [0.25, 0.3) is 0 Å². The van der Waals surface area contributed by atoms with Gasteiger partial charge in [-0.1, -0.05) is 6.07 Å². The number of rotatable bonds is 2. The lowest BCUT2D eigenvalue weighted by atomic mass is 10.1. The Bertz CT molecular complexity index is 474. The second kappa shape index (κ2) is 5.08. The lowest BCUT2D eigenvalue weighted by molar-refractivity contribution is -0.131. The zero-order valence-corrected chi connectivity index (χ0v) is 10.9. The highest BCUT2D eigenvalue weighted by Crippen LogP contribution is 2.27. The molecule has 0 saturated carbocycles. The van der Waals surface area contributed by atoms with Gasteiger partial charge in [0.15, 0.2) is 0 Å². The van der Waals surface area contributed by atoms with Gasteiger partial charge in [-0.2, -0.15) is 0 Å². The Balaban J connectivity index is 3.13. The number of nitrogen functional groups attached to an aromatic ring is 1. The van der Waals surface area contributed by atoms with Gasteiger partial charge in [-0.25, -0.2) is 4.79 Å². The van der Waals surface area contributed by atoms with Gasteiger partial charge in [-0.05, 0) is 32.9 Å². The van der Waals surface area contributed by atoms with Gasteiger partial charge in [-0.3, -0.25) is 4.79 Å². The molecule has 0 radical (unpaired) electrons. The molecule has 0 atom stereocenters. The number of hydrogen-bond donors (Lipinski definition) is 1. The molecule has 2 N–H and O–H groups in total. The maximum atomic E-state index is 12.0. The molecule has 0 aliphatic heterocycles. The quantitative estimate of drug-likeness (QED) is 0.495. The molecule has 0 heterocycles. The van der Waals surface area contributed by atoms with Crippen LogP contribution < -0.4 is 10.5 Å². The van der Waals surface area contributed by atoms with Crippen LogP contribution in [0.1, 0.15) is 38.1 Å². The molecule has 0 amide bonds. The summed E-state index contributed by atoms with van der Waals surface area (Å²) in [5.41, 5.74) is 5.36. The monoisotopic (exact) mass is 251 g/mol. The highest BCUT2D eigenvalue weighted by atomic mass is 16.6. The van der Waals surface area contributed by atoms with Crippen LogP contribution in [0.4, 0.5) is 5.69 Å². The maximum Gasteiger partial charge on any atom is 0.344 e. The maximum absolute atomic E-state index is 12.0. The number of ether oxygens (including phenoxy) is 2. The molecule has 5 nitrogen and oxygen atoms in total. The van der Waals surface area contributed by atoms with Crippen molar-refractivity contribution in [2.24, 2.45) is 0 Å². The zero-order valence-electron chi connectivity index (χ0n) is 10.9. The van der Waals surface area contributed by atoms with Gasteiger partial charge in [-0.15, -0.1) is 0 Å². The lowest BCUT2D eigenvalue weighted by Crippen LogP contribution is -2.25. The average Bonchev–Trinajstić information content (AvgIpc) is 2.13. The summed E-state index contributed by atoms with van der Waals surface area (Å²) in [5, 5.41) is 0. The van der Waals surface area contributed by atoms with Crippen molar-refractivity contribution in [2.75, 3.05) is 5.73 Å². The van der Waals surface area contributed by atoms with Gasteiger partial charge in [0.2, 0.25) is 0 Å². The Morgan fingerprint density at radius 1 is 1.22 bits per heavy atom. The number of hydrogen-bond acceptors (Lipinski definition) is 5. The first-order valence-electron chi connectivity index (χ1n) is 5.51. The van der Waals surface area contributed by atoms with Crippen LogP contribution in [-0.4, -0.2) is 17.5 Å². The fraction of sp³-hybridized carbons (Fsp3) is 0.385. The van der Waals surface area contributed by atoms with E-state index < -0.39 is 17.5 Å². The van der Waals surface area contributed by atoms with Crippen molar-refractivity contribution >= 4 is 17.6 Å². The highest BCUT2D eigenvalue weighted by molar-refractivity contribution is 5.99. The van der Waals surface area contributed by atoms with E-state index >= 15 is 0 Å². The summed E-state index contributed by atoms with van der Waals surface area (Å²) in [6, 6.07) is 4.64. The van der Waals surface area contributed by atoms with Gasteiger partial charge in [0.1, 0.15) is 16.9 Å². The number of esters is 2.